The molecule has 4 aliphatic rings. The largest absolute Gasteiger partial charge is 0.480 e. The molecule has 4 aliphatic heterocycles. The Labute approximate surface area is 240 Å². The SMILES string of the molecule is C=C1NC(=O)C=CN1[C@@H]1O[C@](CF)(COP(=O)(OCOC(=O)CC2COC2)OCOC(=O)CC2COC2)[C@@H](O)[C@@]1(C)O. The minimum absolute atomic E-state index is 0.0238. The zero-order chi connectivity index (χ0) is 30.5. The van der Waals surface area contributed by atoms with Crippen molar-refractivity contribution in [1.29, 1.82) is 0 Å². The van der Waals surface area contributed by atoms with Crippen LogP contribution in [0.15, 0.2) is 24.7 Å². The van der Waals surface area contributed by atoms with E-state index in [9.17, 15) is 33.6 Å². The topological polar surface area (TPSA) is 198 Å². The minimum atomic E-state index is -4.78. The van der Waals surface area contributed by atoms with Crippen LogP contribution in [0.3, 0.4) is 0 Å². The molecular formula is C24H34FN2O14P. The van der Waals surface area contributed by atoms with Gasteiger partial charge in [-0.25, -0.2) is 18.0 Å². The molecule has 236 valence electrons. The summed E-state index contributed by atoms with van der Waals surface area (Å²) in [6, 6.07) is 0. The van der Waals surface area contributed by atoms with Crippen LogP contribution in [0.2, 0.25) is 0 Å². The van der Waals surface area contributed by atoms with Crippen LogP contribution in [0, 0.1) is 11.8 Å². The van der Waals surface area contributed by atoms with E-state index in [1.165, 1.54) is 6.20 Å². The number of hydrogen-bond acceptors (Lipinski definition) is 15. The third-order valence-electron chi connectivity index (χ3n) is 7.00. The maximum absolute atomic E-state index is 14.5. The number of phosphoric ester groups is 1. The molecule has 18 heteroatoms. The Bertz CT molecular complexity index is 1070. The fourth-order valence-corrected chi connectivity index (χ4v) is 5.35. The number of amides is 1. The highest BCUT2D eigenvalue weighted by Crippen LogP contribution is 2.52. The van der Waals surface area contributed by atoms with E-state index in [-0.39, 0.29) is 30.5 Å². The molecule has 0 unspecified atom stereocenters. The fraction of sp³-hybridized carbons (Fsp3) is 0.708. The van der Waals surface area contributed by atoms with Crippen LogP contribution in [-0.4, -0.2) is 110 Å². The van der Waals surface area contributed by atoms with Gasteiger partial charge in [0.05, 0.1) is 45.9 Å². The van der Waals surface area contributed by atoms with E-state index >= 15 is 0 Å². The van der Waals surface area contributed by atoms with Crippen molar-refractivity contribution in [3.8, 4) is 0 Å². The molecule has 0 aliphatic carbocycles. The van der Waals surface area contributed by atoms with Crippen molar-refractivity contribution in [1.82, 2.24) is 10.2 Å². The van der Waals surface area contributed by atoms with Crippen LogP contribution in [0.1, 0.15) is 19.8 Å². The van der Waals surface area contributed by atoms with Crippen LogP contribution in [-0.2, 0) is 56.2 Å². The van der Waals surface area contributed by atoms with Gasteiger partial charge in [0, 0.05) is 24.1 Å². The lowest BCUT2D eigenvalue weighted by Crippen LogP contribution is -2.55. The molecule has 4 heterocycles. The highest BCUT2D eigenvalue weighted by atomic mass is 31.2. The van der Waals surface area contributed by atoms with E-state index in [0.29, 0.717) is 26.4 Å². The number of aliphatic hydroxyl groups excluding tert-OH is 1. The zero-order valence-electron chi connectivity index (χ0n) is 22.8. The van der Waals surface area contributed by atoms with Crippen molar-refractivity contribution < 1.29 is 70.8 Å². The van der Waals surface area contributed by atoms with Gasteiger partial charge in [0.25, 0.3) is 5.91 Å². The Hall–Kier alpha value is -2.47. The second kappa shape index (κ2) is 13.4. The number of esters is 2. The predicted octanol–water partition coefficient (Wildman–Crippen LogP) is -0.188. The number of phosphoric acid groups is 1. The second-order valence-corrected chi connectivity index (χ2v) is 12.1. The molecule has 42 heavy (non-hydrogen) atoms. The lowest BCUT2D eigenvalue weighted by molar-refractivity contribution is -0.163. The van der Waals surface area contributed by atoms with Crippen LogP contribution in [0.4, 0.5) is 4.39 Å². The highest BCUT2D eigenvalue weighted by molar-refractivity contribution is 7.48. The summed E-state index contributed by atoms with van der Waals surface area (Å²) in [5.74, 6) is -1.95. The van der Waals surface area contributed by atoms with E-state index < -0.39 is 76.1 Å². The second-order valence-electron chi connectivity index (χ2n) is 10.4. The average molecular weight is 625 g/mol. The first-order valence-electron chi connectivity index (χ1n) is 13.0. The zero-order valence-corrected chi connectivity index (χ0v) is 23.7. The Morgan fingerprint density at radius 3 is 2.12 bits per heavy atom. The molecule has 0 spiro atoms. The van der Waals surface area contributed by atoms with Gasteiger partial charge in [0.1, 0.15) is 24.2 Å². The predicted molar refractivity (Wildman–Crippen MR) is 134 cm³/mol. The number of carbonyl (C=O) groups excluding carboxylic acids is 3. The number of alkyl halides is 1. The van der Waals surface area contributed by atoms with Gasteiger partial charge in [0.15, 0.2) is 11.8 Å². The van der Waals surface area contributed by atoms with Crippen LogP contribution in [0.5, 0.6) is 0 Å². The summed E-state index contributed by atoms with van der Waals surface area (Å²) in [7, 11) is -4.78. The smallest absolute Gasteiger partial charge is 0.438 e. The molecule has 0 saturated carbocycles. The van der Waals surface area contributed by atoms with Gasteiger partial charge < -0.3 is 44.1 Å². The molecule has 4 rings (SSSR count). The third kappa shape index (κ3) is 7.53. The van der Waals surface area contributed by atoms with Gasteiger partial charge >= 0.3 is 19.8 Å². The molecule has 4 atom stereocenters. The van der Waals surface area contributed by atoms with Gasteiger partial charge in [-0.05, 0) is 6.92 Å². The molecular weight excluding hydrogens is 590 g/mol. The first-order chi connectivity index (χ1) is 19.9. The van der Waals surface area contributed by atoms with E-state index in [0.717, 1.165) is 17.9 Å². The highest BCUT2D eigenvalue weighted by Gasteiger charge is 2.63. The molecule has 0 aromatic carbocycles. The number of carbonyl (C=O) groups is 3. The lowest BCUT2D eigenvalue weighted by atomic mass is 9.88. The Kier molecular flexibility index (Phi) is 10.4. The van der Waals surface area contributed by atoms with Gasteiger partial charge in [-0.2, -0.15) is 0 Å². The number of halogens is 1. The van der Waals surface area contributed by atoms with Gasteiger partial charge in [0.2, 0.25) is 13.6 Å². The van der Waals surface area contributed by atoms with Crippen molar-refractivity contribution in [2.75, 3.05) is 53.3 Å². The van der Waals surface area contributed by atoms with Crippen LogP contribution < -0.4 is 5.32 Å². The minimum Gasteiger partial charge on any atom is -0.438 e. The van der Waals surface area contributed by atoms with Crippen LogP contribution in [0.25, 0.3) is 0 Å². The molecule has 3 fully saturated rings. The summed E-state index contributed by atoms with van der Waals surface area (Å²) < 4.78 is 68.8. The molecule has 3 N–H and O–H groups in total. The molecule has 0 aromatic heterocycles. The summed E-state index contributed by atoms with van der Waals surface area (Å²) in [4.78, 5) is 36.8. The molecule has 1 amide bonds. The summed E-state index contributed by atoms with van der Waals surface area (Å²) in [6.07, 6.45) is -1.09. The monoisotopic (exact) mass is 624 g/mol. The number of hydrogen-bond donors (Lipinski definition) is 3. The van der Waals surface area contributed by atoms with E-state index in [4.69, 9.17) is 37.3 Å². The Morgan fingerprint density at radius 1 is 1.12 bits per heavy atom. The maximum Gasteiger partial charge on any atom is 0.480 e. The van der Waals surface area contributed by atoms with Crippen molar-refractivity contribution in [2.45, 2.75) is 43.3 Å². The number of nitrogens with zero attached hydrogens (tertiary/aromatic N) is 1. The van der Waals surface area contributed by atoms with Crippen molar-refractivity contribution in [3.63, 3.8) is 0 Å². The number of nitrogens with one attached hydrogen (secondary N) is 1. The quantitative estimate of drug-likeness (QED) is 0.123. The summed E-state index contributed by atoms with van der Waals surface area (Å²) in [5, 5.41) is 24.4. The fourth-order valence-electron chi connectivity index (χ4n) is 4.38. The summed E-state index contributed by atoms with van der Waals surface area (Å²) in [6.45, 7) is 2.12. The first-order valence-corrected chi connectivity index (χ1v) is 14.4. The summed E-state index contributed by atoms with van der Waals surface area (Å²) >= 11 is 0. The molecule has 0 aromatic rings. The molecule has 3 saturated heterocycles. The number of rotatable bonds is 15. The van der Waals surface area contributed by atoms with Gasteiger partial charge in [-0.15, -0.1) is 0 Å². The molecule has 16 nitrogen and oxygen atoms in total. The van der Waals surface area contributed by atoms with E-state index in [1.807, 2.05) is 0 Å². The van der Waals surface area contributed by atoms with Gasteiger partial charge in [-0.1, -0.05) is 6.58 Å². The average Bonchev–Trinajstić information content (AvgIpc) is 3.08. The van der Waals surface area contributed by atoms with Crippen molar-refractivity contribution in [3.05, 3.63) is 24.7 Å². The normalized spacial score (nSPS) is 30.0. The molecule has 0 radical (unpaired) electrons. The Morgan fingerprint density at radius 2 is 1.67 bits per heavy atom. The Balaban J connectivity index is 1.41. The standard InChI is InChI=1S/C24H34FN2O14P/c1-15-26-18(28)3-4-27(15)22-23(2,32)21(31)24(11-25,41-22)12-38-42(33,39-13-36-19(29)5-16-7-34-8-16)40-14-37-20(30)6-17-9-35-10-17/h3-4,16-17,21-22,31-32H,1,5-14H2,2H3,(H,26,28)/t21-,22+,23+,24+/m0/s1. The summed E-state index contributed by atoms with van der Waals surface area (Å²) in [5.41, 5.74) is -4.49. The molecule has 0 bridgehead atoms. The van der Waals surface area contributed by atoms with Crippen molar-refractivity contribution >= 4 is 25.7 Å². The third-order valence-corrected chi connectivity index (χ3v) is 8.28. The lowest BCUT2D eigenvalue weighted by Gasteiger charge is -2.37. The van der Waals surface area contributed by atoms with Crippen molar-refractivity contribution in [2.24, 2.45) is 11.8 Å². The number of aliphatic hydroxyl groups is 2. The van der Waals surface area contributed by atoms with E-state index in [2.05, 4.69) is 11.9 Å². The maximum atomic E-state index is 14.5. The van der Waals surface area contributed by atoms with Crippen LogP contribution >= 0.6 is 7.82 Å². The van der Waals surface area contributed by atoms with E-state index in [1.54, 1.807) is 0 Å². The first kappa shape index (κ1) is 32.4. The number of ether oxygens (including phenoxy) is 5. The van der Waals surface area contributed by atoms with Gasteiger partial charge in [-0.3, -0.25) is 18.9 Å².